The quantitative estimate of drug-likeness (QED) is 0.790. The Labute approximate surface area is 126 Å². The Hall–Kier alpha value is -2.47. The lowest BCUT2D eigenvalue weighted by Crippen LogP contribution is -2.16. The Morgan fingerprint density at radius 3 is 3.05 bits per heavy atom. The number of ether oxygens (including phenoxy) is 1. The first-order valence-corrected chi connectivity index (χ1v) is 7.18. The van der Waals surface area contributed by atoms with Crippen LogP contribution in [0.5, 0.6) is 0 Å². The number of halogens is 1. The molecular weight excluding hydrogens is 283 g/mol. The molecule has 0 atom stereocenters. The lowest BCUT2D eigenvalue weighted by atomic mass is 10.1. The van der Waals surface area contributed by atoms with Crippen LogP contribution in [0.15, 0.2) is 30.5 Å². The van der Waals surface area contributed by atoms with Crippen molar-refractivity contribution in [3.8, 4) is 11.3 Å². The first kappa shape index (κ1) is 13.2. The third-order valence-corrected chi connectivity index (χ3v) is 3.98. The summed E-state index contributed by atoms with van der Waals surface area (Å²) in [5, 5.41) is 3.85. The van der Waals surface area contributed by atoms with E-state index in [0.717, 1.165) is 28.7 Å². The van der Waals surface area contributed by atoms with Gasteiger partial charge in [-0.3, -0.25) is 0 Å². The van der Waals surface area contributed by atoms with Gasteiger partial charge in [0.25, 0.3) is 0 Å². The van der Waals surface area contributed by atoms with Gasteiger partial charge in [0, 0.05) is 30.1 Å². The van der Waals surface area contributed by atoms with Gasteiger partial charge < -0.3 is 14.6 Å². The fourth-order valence-corrected chi connectivity index (χ4v) is 3.01. The van der Waals surface area contributed by atoms with E-state index < -0.39 is 5.82 Å². The second-order valence-corrected chi connectivity index (χ2v) is 5.18. The zero-order valence-corrected chi connectivity index (χ0v) is 12.1. The van der Waals surface area contributed by atoms with Gasteiger partial charge in [-0.1, -0.05) is 18.2 Å². The number of benzene rings is 1. The smallest absolute Gasteiger partial charge is 0.223 e. The average Bonchev–Trinajstić information content (AvgIpc) is 2.90. The number of rotatable bonds is 2. The molecule has 1 aliphatic rings. The zero-order chi connectivity index (χ0) is 15.1. The largest absolute Gasteiger partial charge is 0.373 e. The van der Waals surface area contributed by atoms with E-state index in [2.05, 4.69) is 19.9 Å². The molecular formula is C16H15FN4O. The number of fused-ring (bicyclic) bond motifs is 3. The minimum Gasteiger partial charge on any atom is -0.373 e. The summed E-state index contributed by atoms with van der Waals surface area (Å²) < 4.78 is 22.1. The minimum atomic E-state index is -0.427. The van der Waals surface area contributed by atoms with Gasteiger partial charge in [-0.2, -0.15) is 0 Å². The highest BCUT2D eigenvalue weighted by molar-refractivity contribution is 5.97. The van der Waals surface area contributed by atoms with Crippen LogP contribution in [-0.2, 0) is 17.9 Å². The summed E-state index contributed by atoms with van der Waals surface area (Å²) in [6, 6.07) is 7.99. The van der Waals surface area contributed by atoms with E-state index in [9.17, 15) is 4.39 Å². The Balaban J connectivity index is 2.07. The van der Waals surface area contributed by atoms with Crippen LogP contribution in [0, 0.1) is 5.82 Å². The summed E-state index contributed by atoms with van der Waals surface area (Å²) in [7, 11) is 1.72. The molecule has 4 rings (SSSR count). The summed E-state index contributed by atoms with van der Waals surface area (Å²) >= 11 is 0. The molecule has 6 heteroatoms. The molecule has 2 aromatic heterocycles. The van der Waals surface area contributed by atoms with Gasteiger partial charge in [0.15, 0.2) is 5.82 Å². The summed E-state index contributed by atoms with van der Waals surface area (Å²) in [5.74, 6) is -0.0270. The molecule has 0 bridgehead atoms. The van der Waals surface area contributed by atoms with Gasteiger partial charge in [-0.15, -0.1) is 0 Å². The minimum absolute atomic E-state index is 0.315. The topological polar surface area (TPSA) is 52.0 Å². The van der Waals surface area contributed by atoms with Gasteiger partial charge in [-0.25, -0.2) is 14.4 Å². The summed E-state index contributed by atoms with van der Waals surface area (Å²) in [6.07, 6.45) is 1.21. The number of hydrogen-bond donors (Lipinski definition) is 1. The molecule has 0 aliphatic carbocycles. The van der Waals surface area contributed by atoms with Gasteiger partial charge >= 0.3 is 0 Å². The zero-order valence-electron chi connectivity index (χ0n) is 12.1. The molecule has 0 saturated heterocycles. The van der Waals surface area contributed by atoms with Crippen molar-refractivity contribution >= 4 is 16.9 Å². The molecule has 3 heterocycles. The molecule has 22 heavy (non-hydrogen) atoms. The summed E-state index contributed by atoms with van der Waals surface area (Å²) in [5.41, 5.74) is 3.16. The number of para-hydroxylation sites is 1. The van der Waals surface area contributed by atoms with E-state index >= 15 is 0 Å². The fourth-order valence-electron chi connectivity index (χ4n) is 3.01. The molecule has 3 aromatic rings. The Bertz CT molecular complexity index is 859. The van der Waals surface area contributed by atoms with Crippen molar-refractivity contribution in [1.29, 1.82) is 0 Å². The van der Waals surface area contributed by atoms with Gasteiger partial charge in [-0.05, 0) is 6.07 Å². The summed E-state index contributed by atoms with van der Waals surface area (Å²) in [6.45, 7) is 1.89. The second kappa shape index (κ2) is 5.06. The highest BCUT2D eigenvalue weighted by Gasteiger charge is 2.24. The van der Waals surface area contributed by atoms with Crippen molar-refractivity contribution in [3.05, 3.63) is 42.0 Å². The van der Waals surface area contributed by atoms with Crippen LogP contribution in [0.3, 0.4) is 0 Å². The average molecular weight is 298 g/mol. The number of anilines is 1. The standard InChI is InChI=1S/C16H15FN4O/c1-18-16-19-8-11(17)15(20-16)14-10-4-2-3-5-12(10)21-6-7-22-9-13(14)21/h2-5,8H,6-7,9H2,1H3,(H,18,19,20). The first-order chi connectivity index (χ1) is 10.8. The molecule has 112 valence electrons. The van der Waals surface area contributed by atoms with Crippen LogP contribution >= 0.6 is 0 Å². The van der Waals surface area contributed by atoms with Gasteiger partial charge in [0.2, 0.25) is 5.95 Å². The Kier molecular flexibility index (Phi) is 3.04. The van der Waals surface area contributed by atoms with Crippen LogP contribution < -0.4 is 5.32 Å². The van der Waals surface area contributed by atoms with E-state index in [4.69, 9.17) is 4.74 Å². The molecule has 1 N–H and O–H groups in total. The van der Waals surface area contributed by atoms with Gasteiger partial charge in [0.1, 0.15) is 5.69 Å². The molecule has 0 unspecified atom stereocenters. The van der Waals surface area contributed by atoms with Crippen LogP contribution in [0.4, 0.5) is 10.3 Å². The second-order valence-electron chi connectivity index (χ2n) is 5.18. The van der Waals surface area contributed by atoms with Crippen molar-refractivity contribution in [2.75, 3.05) is 19.0 Å². The van der Waals surface area contributed by atoms with Crippen LogP contribution in [0.2, 0.25) is 0 Å². The third-order valence-electron chi connectivity index (χ3n) is 3.98. The Morgan fingerprint density at radius 2 is 2.18 bits per heavy atom. The van der Waals surface area contributed by atoms with E-state index in [-0.39, 0.29) is 0 Å². The predicted molar refractivity (Wildman–Crippen MR) is 82.1 cm³/mol. The molecule has 1 aliphatic heterocycles. The molecule has 0 radical (unpaired) electrons. The first-order valence-electron chi connectivity index (χ1n) is 7.18. The molecule has 0 spiro atoms. The van der Waals surface area contributed by atoms with Crippen LogP contribution in [0.1, 0.15) is 5.69 Å². The maximum absolute atomic E-state index is 14.4. The van der Waals surface area contributed by atoms with E-state index in [1.807, 2.05) is 24.3 Å². The van der Waals surface area contributed by atoms with Crippen molar-refractivity contribution in [2.24, 2.45) is 0 Å². The number of aromatic nitrogens is 3. The monoisotopic (exact) mass is 298 g/mol. The number of nitrogens with zero attached hydrogens (tertiary/aromatic N) is 3. The maximum Gasteiger partial charge on any atom is 0.223 e. The van der Waals surface area contributed by atoms with Crippen molar-refractivity contribution in [3.63, 3.8) is 0 Å². The molecule has 0 fully saturated rings. The molecule has 5 nitrogen and oxygen atoms in total. The van der Waals surface area contributed by atoms with Crippen LogP contribution in [-0.4, -0.2) is 28.2 Å². The van der Waals surface area contributed by atoms with E-state index in [0.29, 0.717) is 24.9 Å². The molecule has 0 saturated carbocycles. The molecule has 0 amide bonds. The van der Waals surface area contributed by atoms with Crippen molar-refractivity contribution in [2.45, 2.75) is 13.2 Å². The third kappa shape index (κ3) is 1.88. The normalized spacial score (nSPS) is 14.1. The van der Waals surface area contributed by atoms with E-state index in [1.54, 1.807) is 7.05 Å². The lowest BCUT2D eigenvalue weighted by molar-refractivity contribution is 0.0869. The number of hydrogen-bond acceptors (Lipinski definition) is 4. The maximum atomic E-state index is 14.4. The molecule has 1 aromatic carbocycles. The SMILES string of the molecule is CNc1ncc(F)c(-c2c3n(c4ccccc24)CCOC3)n1. The van der Waals surface area contributed by atoms with Gasteiger partial charge in [0.05, 0.1) is 25.1 Å². The van der Waals surface area contributed by atoms with Crippen molar-refractivity contribution in [1.82, 2.24) is 14.5 Å². The lowest BCUT2D eigenvalue weighted by Gasteiger charge is -2.18. The highest BCUT2D eigenvalue weighted by Crippen LogP contribution is 2.37. The highest BCUT2D eigenvalue weighted by atomic mass is 19.1. The van der Waals surface area contributed by atoms with Crippen LogP contribution in [0.25, 0.3) is 22.2 Å². The Morgan fingerprint density at radius 1 is 1.32 bits per heavy atom. The predicted octanol–water partition coefficient (Wildman–Crippen LogP) is 2.81. The van der Waals surface area contributed by atoms with E-state index in [1.165, 1.54) is 6.20 Å². The summed E-state index contributed by atoms with van der Waals surface area (Å²) in [4.78, 5) is 8.25. The fraction of sp³-hybridized carbons (Fsp3) is 0.250. The number of nitrogens with one attached hydrogen (secondary N) is 1. The van der Waals surface area contributed by atoms with Crippen molar-refractivity contribution < 1.29 is 9.13 Å².